The summed E-state index contributed by atoms with van der Waals surface area (Å²) in [5.41, 5.74) is 2.80. The minimum Gasteiger partial charge on any atom is -0.369 e. The largest absolute Gasteiger partial charge is 0.369 e. The number of halogens is 1. The van der Waals surface area contributed by atoms with Gasteiger partial charge < -0.3 is 4.90 Å². The van der Waals surface area contributed by atoms with Crippen molar-refractivity contribution in [1.29, 1.82) is 0 Å². The molecular weight excluding hydrogens is 343 g/mol. The lowest BCUT2D eigenvalue weighted by Crippen LogP contribution is -2.35. The molecular formula is C22H29FN2O2. The molecule has 0 aromatic rings. The third-order valence-corrected chi connectivity index (χ3v) is 5.11. The van der Waals surface area contributed by atoms with E-state index in [9.17, 15) is 14.4 Å². The van der Waals surface area contributed by atoms with E-state index in [0.717, 1.165) is 35.7 Å². The summed E-state index contributed by atoms with van der Waals surface area (Å²) in [4.78, 5) is 14.4. The van der Waals surface area contributed by atoms with Gasteiger partial charge in [-0.05, 0) is 57.4 Å². The van der Waals surface area contributed by atoms with Crippen molar-refractivity contribution in [3.05, 3.63) is 70.5 Å². The minimum absolute atomic E-state index is 0.120. The zero-order chi connectivity index (χ0) is 20.3. The zero-order valence-electron chi connectivity index (χ0n) is 16.8. The summed E-state index contributed by atoms with van der Waals surface area (Å²) in [5.74, 6) is -1.11. The van der Waals surface area contributed by atoms with Crippen LogP contribution in [0.5, 0.6) is 0 Å². The van der Waals surface area contributed by atoms with E-state index in [1.807, 2.05) is 6.08 Å². The first kappa shape index (κ1) is 20.9. The summed E-state index contributed by atoms with van der Waals surface area (Å²) < 4.78 is 14.3. The van der Waals surface area contributed by atoms with Gasteiger partial charge in [0, 0.05) is 23.9 Å². The maximum Gasteiger partial charge on any atom is 0.190 e. The summed E-state index contributed by atoms with van der Waals surface area (Å²) in [6.45, 7) is 15.0. The fraction of sp³-hybridized carbons (Fsp3) is 0.409. The molecule has 0 aromatic carbocycles. The molecule has 5 heteroatoms. The quantitative estimate of drug-likeness (QED) is 0.652. The highest BCUT2D eigenvalue weighted by Crippen LogP contribution is 2.37. The van der Waals surface area contributed by atoms with Crippen LogP contribution in [0.25, 0.3) is 0 Å². The highest BCUT2D eigenvalue weighted by molar-refractivity contribution is 6.09. The van der Waals surface area contributed by atoms with Crippen LogP contribution >= 0.6 is 0 Å². The number of carbonyl (C=O) groups excluding carboxylic acids is 1. The van der Waals surface area contributed by atoms with Crippen LogP contribution in [0.2, 0.25) is 0 Å². The Morgan fingerprint density at radius 1 is 1.37 bits per heavy atom. The second-order valence-corrected chi connectivity index (χ2v) is 7.00. The van der Waals surface area contributed by atoms with Crippen LogP contribution in [0, 0.1) is 0 Å². The smallest absolute Gasteiger partial charge is 0.190 e. The van der Waals surface area contributed by atoms with Crippen molar-refractivity contribution in [2.75, 3.05) is 6.54 Å². The van der Waals surface area contributed by atoms with E-state index in [1.54, 1.807) is 13.8 Å². The molecule has 0 fully saturated rings. The third-order valence-electron chi connectivity index (χ3n) is 5.11. The van der Waals surface area contributed by atoms with E-state index in [4.69, 9.17) is 0 Å². The first-order valence-corrected chi connectivity index (χ1v) is 9.41. The monoisotopic (exact) mass is 372 g/mol. The normalized spacial score (nSPS) is 21.3. The van der Waals surface area contributed by atoms with Crippen LogP contribution in [-0.4, -0.2) is 33.5 Å². The van der Waals surface area contributed by atoms with Crippen LogP contribution < -0.4 is 0 Å². The molecule has 0 bridgehead atoms. The van der Waals surface area contributed by atoms with E-state index < -0.39 is 11.6 Å². The fourth-order valence-corrected chi connectivity index (χ4v) is 3.40. The van der Waals surface area contributed by atoms with Crippen LogP contribution in [-0.2, 0) is 4.79 Å². The molecule has 0 radical (unpaired) electrons. The molecule has 1 aliphatic carbocycles. The number of nitrogens with zero attached hydrogens (tertiary/aromatic N) is 2. The SMILES string of the molecule is C=C(C1=C(C)N(O)C(=C2C(=O)C=CC=C2F)C(C)=C1)N(CCC)[C@@H](C)CC. The summed E-state index contributed by atoms with van der Waals surface area (Å²) >= 11 is 0. The molecule has 1 heterocycles. The number of rotatable bonds is 6. The Bertz CT molecular complexity index is 799. The highest BCUT2D eigenvalue weighted by Gasteiger charge is 2.30. The molecule has 146 valence electrons. The molecule has 0 spiro atoms. The molecule has 0 amide bonds. The second-order valence-electron chi connectivity index (χ2n) is 7.00. The molecule has 4 nitrogen and oxygen atoms in total. The maximum absolute atomic E-state index is 14.3. The van der Waals surface area contributed by atoms with E-state index in [1.165, 1.54) is 18.2 Å². The van der Waals surface area contributed by atoms with E-state index in [-0.39, 0.29) is 11.3 Å². The summed E-state index contributed by atoms with van der Waals surface area (Å²) in [6.07, 6.45) is 7.72. The molecule has 1 atom stereocenters. The van der Waals surface area contributed by atoms with Crippen LogP contribution in [0.15, 0.2) is 70.5 Å². The topological polar surface area (TPSA) is 43.8 Å². The van der Waals surface area contributed by atoms with Crippen LogP contribution in [0.4, 0.5) is 4.39 Å². The second kappa shape index (κ2) is 8.53. The van der Waals surface area contributed by atoms with Gasteiger partial charge in [0.1, 0.15) is 5.83 Å². The molecule has 0 unspecified atom stereocenters. The Labute approximate surface area is 161 Å². The van der Waals surface area contributed by atoms with Gasteiger partial charge in [0.2, 0.25) is 0 Å². The van der Waals surface area contributed by atoms with Gasteiger partial charge in [-0.15, -0.1) is 0 Å². The van der Waals surface area contributed by atoms with Crippen molar-refractivity contribution in [3.63, 3.8) is 0 Å². The lowest BCUT2D eigenvalue weighted by molar-refractivity contribution is -0.111. The minimum atomic E-state index is -0.647. The molecule has 2 aliphatic rings. The molecule has 0 saturated carbocycles. The Balaban J connectivity index is 2.51. The number of hydrogen-bond donors (Lipinski definition) is 1. The number of allylic oxidation sites excluding steroid dienone is 8. The Hall–Kier alpha value is -2.40. The first-order valence-electron chi connectivity index (χ1n) is 9.41. The molecule has 1 aliphatic heterocycles. The van der Waals surface area contributed by atoms with Gasteiger partial charge in [0.05, 0.1) is 17.0 Å². The Morgan fingerprint density at radius 3 is 2.59 bits per heavy atom. The number of hydrogen-bond acceptors (Lipinski definition) is 4. The number of ketones is 1. The highest BCUT2D eigenvalue weighted by atomic mass is 19.1. The lowest BCUT2D eigenvalue weighted by atomic mass is 9.93. The van der Waals surface area contributed by atoms with Crippen LogP contribution in [0.1, 0.15) is 47.5 Å². The molecule has 2 rings (SSSR count). The zero-order valence-corrected chi connectivity index (χ0v) is 16.8. The van der Waals surface area contributed by atoms with Gasteiger partial charge in [0.25, 0.3) is 0 Å². The van der Waals surface area contributed by atoms with Gasteiger partial charge in [-0.25, -0.2) is 9.45 Å². The molecule has 0 saturated heterocycles. The van der Waals surface area contributed by atoms with Gasteiger partial charge in [-0.1, -0.05) is 26.5 Å². The maximum atomic E-state index is 14.3. The molecule has 27 heavy (non-hydrogen) atoms. The number of carbonyl (C=O) groups is 1. The van der Waals surface area contributed by atoms with E-state index >= 15 is 0 Å². The standard InChI is InChI=1S/C22H29FN2O2/c1-7-12-24(15(4)8-2)16(5)18-13-14(3)22(25(27)17(18)6)21-19(23)10-9-11-20(21)26/h9-11,13,15,27H,5,7-8,12H2,1-4,6H3/t15-/m0/s1. The van der Waals surface area contributed by atoms with Gasteiger partial charge in [-0.3, -0.25) is 10.0 Å². The van der Waals surface area contributed by atoms with Crippen molar-refractivity contribution in [3.8, 4) is 0 Å². The Kier molecular flexibility index (Phi) is 6.60. The first-order chi connectivity index (χ1) is 12.7. The average molecular weight is 372 g/mol. The summed E-state index contributed by atoms with van der Waals surface area (Å²) in [5, 5.41) is 11.7. The van der Waals surface area contributed by atoms with Crippen LogP contribution in [0.3, 0.4) is 0 Å². The van der Waals surface area contributed by atoms with Crippen molar-refractivity contribution >= 4 is 5.78 Å². The predicted octanol–water partition coefficient (Wildman–Crippen LogP) is 5.18. The molecule has 1 N–H and O–H groups in total. The van der Waals surface area contributed by atoms with Crippen molar-refractivity contribution in [2.24, 2.45) is 0 Å². The van der Waals surface area contributed by atoms with E-state index in [0.29, 0.717) is 17.3 Å². The molecule has 0 aromatic heterocycles. The van der Waals surface area contributed by atoms with Gasteiger partial charge in [-0.2, -0.15) is 0 Å². The Morgan fingerprint density at radius 2 is 2.04 bits per heavy atom. The predicted molar refractivity (Wildman–Crippen MR) is 106 cm³/mol. The van der Waals surface area contributed by atoms with Crippen molar-refractivity contribution in [1.82, 2.24) is 9.96 Å². The fourth-order valence-electron chi connectivity index (χ4n) is 3.40. The van der Waals surface area contributed by atoms with E-state index in [2.05, 4.69) is 32.3 Å². The van der Waals surface area contributed by atoms with Crippen molar-refractivity contribution < 1.29 is 14.4 Å². The van der Waals surface area contributed by atoms with Gasteiger partial charge >= 0.3 is 0 Å². The van der Waals surface area contributed by atoms with Crippen molar-refractivity contribution in [2.45, 2.75) is 53.5 Å². The lowest BCUT2D eigenvalue weighted by Gasteiger charge is -2.36. The summed E-state index contributed by atoms with van der Waals surface area (Å²) in [7, 11) is 0. The third kappa shape index (κ3) is 3.98. The number of hydroxylamine groups is 2. The van der Waals surface area contributed by atoms with Gasteiger partial charge in [0.15, 0.2) is 5.78 Å². The average Bonchev–Trinajstić information content (AvgIpc) is 2.63. The summed E-state index contributed by atoms with van der Waals surface area (Å²) in [6, 6.07) is 0.309.